The van der Waals surface area contributed by atoms with Gasteiger partial charge in [0.15, 0.2) is 0 Å². The highest BCUT2D eigenvalue weighted by atomic mass is 32.1. The molecule has 0 unspecified atom stereocenters. The number of fused-ring (bicyclic) bond motifs is 3. The summed E-state index contributed by atoms with van der Waals surface area (Å²) in [5, 5.41) is 12.3. The molecule has 0 amide bonds. The van der Waals surface area contributed by atoms with Crippen molar-refractivity contribution in [2.45, 2.75) is 43.8 Å². The Bertz CT molecular complexity index is 1200. The minimum absolute atomic E-state index is 0.0171. The predicted molar refractivity (Wildman–Crippen MR) is 129 cm³/mol. The van der Waals surface area contributed by atoms with Gasteiger partial charge in [-0.3, -0.25) is 14.2 Å². The molecule has 1 fully saturated rings. The van der Waals surface area contributed by atoms with Crippen molar-refractivity contribution in [3.8, 4) is 0 Å². The standard InChI is InChI=1S/C24H28F5N5OS/c1-13-5-16-20(32-23-22(16)36-12-30-23)21(34(13)10-24(28,29)11-35)19-17(26)6-14(7-18(19)27)31-15-8-33(9-15)4-2-3-25/h6-7,12-13,15,21,31-32,35H,2-5,8-11H2,1H3/t13-,21-/m0/s1. The first-order valence-electron chi connectivity index (χ1n) is 11.9. The molecule has 0 aliphatic carbocycles. The number of likely N-dealkylation sites (tertiary alicyclic amines) is 1. The highest BCUT2D eigenvalue weighted by molar-refractivity contribution is 7.16. The number of nitrogens with one attached hydrogen (secondary N) is 2. The first-order valence-corrected chi connectivity index (χ1v) is 12.8. The molecule has 2 atom stereocenters. The number of alkyl halides is 3. The monoisotopic (exact) mass is 529 g/mol. The third kappa shape index (κ3) is 4.71. The third-order valence-electron chi connectivity index (χ3n) is 7.02. The van der Waals surface area contributed by atoms with Gasteiger partial charge in [0.25, 0.3) is 5.92 Å². The summed E-state index contributed by atoms with van der Waals surface area (Å²) in [5.41, 5.74) is 3.41. The summed E-state index contributed by atoms with van der Waals surface area (Å²) < 4.78 is 73.0. The molecule has 196 valence electrons. The van der Waals surface area contributed by atoms with Crippen molar-refractivity contribution in [3.63, 3.8) is 0 Å². The molecule has 4 heterocycles. The highest BCUT2D eigenvalue weighted by Gasteiger charge is 2.44. The maximum Gasteiger partial charge on any atom is 0.283 e. The zero-order valence-electron chi connectivity index (χ0n) is 19.7. The van der Waals surface area contributed by atoms with Crippen molar-refractivity contribution in [1.82, 2.24) is 19.8 Å². The molecule has 2 aliphatic heterocycles. The smallest absolute Gasteiger partial charge is 0.283 e. The van der Waals surface area contributed by atoms with Crippen LogP contribution in [0.2, 0.25) is 0 Å². The van der Waals surface area contributed by atoms with Gasteiger partial charge in [0.1, 0.15) is 23.9 Å². The fraction of sp³-hybridized carbons (Fsp3) is 0.542. The molecule has 2 aliphatic rings. The SMILES string of the molecule is C[C@H]1Cc2c([nH]c3ncsc23)[C@H](c2c(F)cc(NC3CN(CCCF)C3)cc2F)N1CC(F)(F)CO. The minimum atomic E-state index is -3.45. The van der Waals surface area contributed by atoms with Crippen LogP contribution in [0.15, 0.2) is 17.6 Å². The van der Waals surface area contributed by atoms with Gasteiger partial charge in [-0.2, -0.15) is 0 Å². The number of benzene rings is 1. The Morgan fingerprint density at radius 2 is 1.97 bits per heavy atom. The van der Waals surface area contributed by atoms with Gasteiger partial charge >= 0.3 is 0 Å². The lowest BCUT2D eigenvalue weighted by atomic mass is 9.88. The van der Waals surface area contributed by atoms with Gasteiger partial charge in [0.05, 0.1) is 35.5 Å². The molecule has 6 nitrogen and oxygen atoms in total. The van der Waals surface area contributed by atoms with Crippen LogP contribution in [0.4, 0.5) is 27.6 Å². The number of nitrogens with zero attached hydrogens (tertiary/aromatic N) is 3. The van der Waals surface area contributed by atoms with Crippen LogP contribution < -0.4 is 5.32 Å². The zero-order valence-corrected chi connectivity index (χ0v) is 20.5. The van der Waals surface area contributed by atoms with E-state index in [0.29, 0.717) is 43.8 Å². The van der Waals surface area contributed by atoms with Crippen molar-refractivity contribution in [1.29, 1.82) is 0 Å². The summed E-state index contributed by atoms with van der Waals surface area (Å²) in [6.07, 6.45) is 0.850. The van der Waals surface area contributed by atoms with E-state index in [9.17, 15) is 18.3 Å². The third-order valence-corrected chi connectivity index (χ3v) is 7.91. The fourth-order valence-electron chi connectivity index (χ4n) is 5.31. The van der Waals surface area contributed by atoms with Gasteiger partial charge in [0.2, 0.25) is 0 Å². The Kier molecular flexibility index (Phi) is 6.96. The van der Waals surface area contributed by atoms with Crippen LogP contribution in [0.5, 0.6) is 0 Å². The Hall–Kier alpha value is -2.28. The molecule has 0 saturated carbocycles. The maximum absolute atomic E-state index is 15.6. The van der Waals surface area contributed by atoms with Crippen molar-refractivity contribution >= 4 is 27.4 Å². The maximum atomic E-state index is 15.6. The average Bonchev–Trinajstić information content (AvgIpc) is 3.39. The van der Waals surface area contributed by atoms with Crippen LogP contribution in [0, 0.1) is 11.6 Å². The minimum Gasteiger partial charge on any atom is -0.390 e. The van der Waals surface area contributed by atoms with E-state index in [0.717, 1.165) is 10.3 Å². The molecule has 0 bridgehead atoms. The summed E-state index contributed by atoms with van der Waals surface area (Å²) in [7, 11) is 0. The fourth-order valence-corrected chi connectivity index (χ4v) is 6.12. The summed E-state index contributed by atoms with van der Waals surface area (Å²) in [6.45, 7) is 1.05. The largest absolute Gasteiger partial charge is 0.390 e. The Labute approximate surface area is 209 Å². The van der Waals surface area contributed by atoms with Crippen molar-refractivity contribution in [2.24, 2.45) is 0 Å². The van der Waals surface area contributed by atoms with Gasteiger partial charge < -0.3 is 15.4 Å². The number of aliphatic hydroxyl groups excluding tert-OH is 1. The molecule has 3 N–H and O–H groups in total. The van der Waals surface area contributed by atoms with E-state index in [4.69, 9.17) is 0 Å². The first kappa shape index (κ1) is 25.4. The number of halogens is 5. The summed E-state index contributed by atoms with van der Waals surface area (Å²) in [4.78, 5) is 10.8. The number of hydrogen-bond acceptors (Lipinski definition) is 6. The second-order valence-corrected chi connectivity index (χ2v) is 10.5. The number of aromatic nitrogens is 2. The van der Waals surface area contributed by atoms with Crippen LogP contribution >= 0.6 is 11.3 Å². The summed E-state index contributed by atoms with van der Waals surface area (Å²) >= 11 is 1.39. The molecule has 2 aromatic heterocycles. The topological polar surface area (TPSA) is 67.4 Å². The molecule has 0 spiro atoms. The molecular weight excluding hydrogens is 501 g/mol. The molecule has 3 aromatic rings. The van der Waals surface area contributed by atoms with E-state index in [1.54, 1.807) is 12.4 Å². The molecular formula is C24H28F5N5OS. The number of anilines is 1. The highest BCUT2D eigenvalue weighted by Crippen LogP contribution is 2.44. The van der Waals surface area contributed by atoms with Gasteiger partial charge in [-0.15, -0.1) is 11.3 Å². The Morgan fingerprint density at radius 1 is 1.25 bits per heavy atom. The van der Waals surface area contributed by atoms with Crippen LogP contribution in [0.25, 0.3) is 10.3 Å². The van der Waals surface area contributed by atoms with Crippen molar-refractivity contribution in [3.05, 3.63) is 46.1 Å². The second kappa shape index (κ2) is 9.88. The first-order chi connectivity index (χ1) is 17.2. The van der Waals surface area contributed by atoms with Gasteiger partial charge in [0, 0.05) is 42.6 Å². The number of rotatable bonds is 9. The zero-order chi connectivity index (χ0) is 25.6. The number of aliphatic hydroxyl groups is 1. The van der Waals surface area contributed by atoms with E-state index < -0.39 is 42.8 Å². The van der Waals surface area contributed by atoms with E-state index >= 15 is 8.78 Å². The predicted octanol–water partition coefficient (Wildman–Crippen LogP) is 4.32. The van der Waals surface area contributed by atoms with Crippen LogP contribution in [0.3, 0.4) is 0 Å². The molecule has 0 radical (unpaired) electrons. The van der Waals surface area contributed by atoms with Gasteiger partial charge in [-0.1, -0.05) is 0 Å². The lowest BCUT2D eigenvalue weighted by Crippen LogP contribution is -2.54. The van der Waals surface area contributed by atoms with E-state index in [1.165, 1.54) is 28.4 Å². The lowest BCUT2D eigenvalue weighted by Gasteiger charge is -2.42. The number of hydrogen-bond donors (Lipinski definition) is 3. The van der Waals surface area contributed by atoms with E-state index in [2.05, 4.69) is 15.3 Å². The average molecular weight is 530 g/mol. The van der Waals surface area contributed by atoms with Crippen LogP contribution in [-0.4, -0.2) is 82.3 Å². The molecule has 36 heavy (non-hydrogen) atoms. The quantitative estimate of drug-likeness (QED) is 0.361. The van der Waals surface area contributed by atoms with Crippen LogP contribution in [0.1, 0.15) is 36.2 Å². The second-order valence-electron chi connectivity index (χ2n) is 9.69. The summed E-state index contributed by atoms with van der Waals surface area (Å²) in [6, 6.07) is 0.747. The van der Waals surface area contributed by atoms with Gasteiger partial charge in [-0.05, 0) is 37.5 Å². The normalized spacial score (nSPS) is 21.6. The van der Waals surface area contributed by atoms with Crippen molar-refractivity contribution in [2.75, 3.05) is 44.8 Å². The molecule has 5 rings (SSSR count). The number of H-pyrrole nitrogens is 1. The van der Waals surface area contributed by atoms with E-state index in [1.807, 2.05) is 4.90 Å². The number of aromatic amines is 1. The van der Waals surface area contributed by atoms with Crippen LogP contribution in [-0.2, 0) is 6.42 Å². The van der Waals surface area contributed by atoms with Gasteiger partial charge in [-0.25, -0.2) is 22.5 Å². The molecule has 1 aromatic carbocycles. The van der Waals surface area contributed by atoms with Crippen molar-refractivity contribution < 1.29 is 27.1 Å². The lowest BCUT2D eigenvalue weighted by molar-refractivity contribution is -0.0869. The molecule has 1 saturated heterocycles. The Morgan fingerprint density at radius 3 is 2.64 bits per heavy atom. The molecule has 12 heteroatoms. The summed E-state index contributed by atoms with van der Waals surface area (Å²) in [5.74, 6) is -5.14. The Balaban J connectivity index is 1.48. The number of thiazole rings is 1. The van der Waals surface area contributed by atoms with E-state index in [-0.39, 0.29) is 24.0 Å².